The third kappa shape index (κ3) is 5.34. The lowest BCUT2D eigenvalue weighted by molar-refractivity contribution is -0.130. The molecule has 1 unspecified atom stereocenters. The van der Waals surface area contributed by atoms with Gasteiger partial charge in [0, 0.05) is 30.4 Å². The molecule has 0 aliphatic carbocycles. The molecule has 1 N–H and O–H groups in total. The highest BCUT2D eigenvalue weighted by Gasteiger charge is 2.23. The predicted octanol–water partition coefficient (Wildman–Crippen LogP) is 2.84. The molecule has 0 saturated carbocycles. The van der Waals surface area contributed by atoms with Crippen molar-refractivity contribution in [3.8, 4) is 0 Å². The maximum absolute atomic E-state index is 11.9. The van der Waals surface area contributed by atoms with Gasteiger partial charge < -0.3 is 5.32 Å². The van der Waals surface area contributed by atoms with Crippen LogP contribution in [0.25, 0.3) is 0 Å². The number of benzene rings is 1. The summed E-state index contributed by atoms with van der Waals surface area (Å²) in [6.07, 6.45) is 0.178. The Bertz CT molecular complexity index is 480. The molecule has 0 fully saturated rings. The number of rotatable bonds is 7. The number of carbonyl (C=O) groups excluding carboxylic acids is 3. The van der Waals surface area contributed by atoms with E-state index >= 15 is 0 Å². The molecule has 4 heteroatoms. The van der Waals surface area contributed by atoms with Crippen LogP contribution in [0.3, 0.4) is 0 Å². The highest BCUT2D eigenvalue weighted by molar-refractivity contribution is 5.96. The summed E-state index contributed by atoms with van der Waals surface area (Å²) in [7, 11) is 0. The first kappa shape index (κ1) is 16.1. The second kappa shape index (κ2) is 7.58. The molecule has 1 aromatic rings. The minimum Gasteiger partial charge on any atom is -0.326 e. The lowest BCUT2D eigenvalue weighted by Gasteiger charge is -2.14. The van der Waals surface area contributed by atoms with Crippen molar-refractivity contribution in [3.05, 3.63) is 30.3 Å². The highest BCUT2D eigenvalue weighted by Crippen LogP contribution is 2.16. The van der Waals surface area contributed by atoms with Gasteiger partial charge in [-0.1, -0.05) is 32.0 Å². The summed E-state index contributed by atoms with van der Waals surface area (Å²) in [6.45, 7) is 5.02. The Morgan fingerprint density at radius 2 is 1.65 bits per heavy atom. The summed E-state index contributed by atoms with van der Waals surface area (Å²) >= 11 is 0. The summed E-state index contributed by atoms with van der Waals surface area (Å²) in [6, 6.07) is 9.05. The Hall–Kier alpha value is -1.97. The predicted molar refractivity (Wildman–Crippen MR) is 78.3 cm³/mol. The van der Waals surface area contributed by atoms with Crippen LogP contribution in [-0.2, 0) is 14.4 Å². The molecule has 0 bridgehead atoms. The van der Waals surface area contributed by atoms with Crippen LogP contribution in [-0.4, -0.2) is 17.5 Å². The quantitative estimate of drug-likeness (QED) is 0.832. The summed E-state index contributed by atoms with van der Waals surface area (Å²) in [5, 5.41) is 2.73. The number of nitrogens with one attached hydrogen (secondary N) is 1. The number of carbonyl (C=O) groups is 3. The van der Waals surface area contributed by atoms with E-state index < -0.39 is 5.92 Å². The Kier molecular flexibility index (Phi) is 6.10. The first-order chi connectivity index (χ1) is 9.40. The summed E-state index contributed by atoms with van der Waals surface area (Å²) < 4.78 is 0. The van der Waals surface area contributed by atoms with Gasteiger partial charge in [-0.25, -0.2) is 0 Å². The van der Waals surface area contributed by atoms with Gasteiger partial charge >= 0.3 is 0 Å². The number of Topliss-reactive ketones (excluding diaryl/α,β-unsaturated/α-hetero) is 2. The second-order valence-electron chi connectivity index (χ2n) is 5.25. The Balaban J connectivity index is 2.60. The van der Waals surface area contributed by atoms with Crippen molar-refractivity contribution in [2.75, 3.05) is 5.32 Å². The topological polar surface area (TPSA) is 63.2 Å². The number of hydrogen-bond donors (Lipinski definition) is 1. The standard InChI is InChI=1S/C16H21NO3/c1-11(2)15(19)9-13(12(3)18)10-16(20)17-14-7-5-4-6-8-14/h4-8,11,13H,9-10H2,1-3H3,(H,17,20). The molecule has 4 nitrogen and oxygen atoms in total. The lowest BCUT2D eigenvalue weighted by atomic mass is 9.91. The summed E-state index contributed by atoms with van der Waals surface area (Å²) in [5.41, 5.74) is 0.690. The van der Waals surface area contributed by atoms with Gasteiger partial charge in [-0.05, 0) is 19.1 Å². The van der Waals surface area contributed by atoms with Crippen LogP contribution >= 0.6 is 0 Å². The van der Waals surface area contributed by atoms with Crippen molar-refractivity contribution in [2.45, 2.75) is 33.6 Å². The normalized spacial score (nSPS) is 12.0. The monoisotopic (exact) mass is 275 g/mol. The SMILES string of the molecule is CC(=O)C(CC(=O)Nc1ccccc1)CC(=O)C(C)C. The fraction of sp³-hybridized carbons (Fsp3) is 0.438. The van der Waals surface area contributed by atoms with Gasteiger partial charge in [-0.15, -0.1) is 0 Å². The molecule has 0 saturated heterocycles. The van der Waals surface area contributed by atoms with E-state index in [2.05, 4.69) is 5.32 Å². The number of amides is 1. The van der Waals surface area contributed by atoms with Crippen molar-refractivity contribution in [1.82, 2.24) is 0 Å². The average Bonchev–Trinajstić information content (AvgIpc) is 2.38. The summed E-state index contributed by atoms with van der Waals surface area (Å²) in [5.74, 6) is -1.00. The van der Waals surface area contributed by atoms with Gasteiger partial charge in [-0.3, -0.25) is 14.4 Å². The van der Waals surface area contributed by atoms with E-state index in [1.807, 2.05) is 18.2 Å². The molecule has 0 aliphatic heterocycles. The van der Waals surface area contributed by atoms with Crippen molar-refractivity contribution in [2.24, 2.45) is 11.8 Å². The van der Waals surface area contributed by atoms with Crippen LogP contribution in [0.15, 0.2) is 30.3 Å². The van der Waals surface area contributed by atoms with Gasteiger partial charge in [0.05, 0.1) is 0 Å². The van der Waals surface area contributed by atoms with E-state index in [1.54, 1.807) is 26.0 Å². The molecule has 1 aromatic carbocycles. The maximum Gasteiger partial charge on any atom is 0.225 e. The maximum atomic E-state index is 11.9. The molecular formula is C16H21NO3. The minimum atomic E-state index is -0.534. The molecule has 20 heavy (non-hydrogen) atoms. The third-order valence-corrected chi connectivity index (χ3v) is 3.16. The molecule has 0 spiro atoms. The van der Waals surface area contributed by atoms with Crippen LogP contribution < -0.4 is 5.32 Å². The van der Waals surface area contributed by atoms with E-state index in [9.17, 15) is 14.4 Å². The molecule has 1 rings (SSSR count). The number of hydrogen-bond acceptors (Lipinski definition) is 3. The molecule has 0 radical (unpaired) electrons. The lowest BCUT2D eigenvalue weighted by Crippen LogP contribution is -2.24. The van der Waals surface area contributed by atoms with Crippen molar-refractivity contribution >= 4 is 23.2 Å². The van der Waals surface area contributed by atoms with Crippen LogP contribution in [0, 0.1) is 11.8 Å². The number of para-hydroxylation sites is 1. The third-order valence-electron chi connectivity index (χ3n) is 3.16. The van der Waals surface area contributed by atoms with Crippen LogP contribution in [0.5, 0.6) is 0 Å². The smallest absolute Gasteiger partial charge is 0.225 e. The number of anilines is 1. The zero-order valence-electron chi connectivity index (χ0n) is 12.2. The Morgan fingerprint density at radius 1 is 1.05 bits per heavy atom. The van der Waals surface area contributed by atoms with E-state index in [0.717, 1.165) is 0 Å². The van der Waals surface area contributed by atoms with Gasteiger partial charge in [0.15, 0.2) is 0 Å². The molecule has 0 aliphatic rings. The van der Waals surface area contributed by atoms with Gasteiger partial charge in [0.2, 0.25) is 5.91 Å². The number of ketones is 2. The van der Waals surface area contributed by atoms with Crippen molar-refractivity contribution < 1.29 is 14.4 Å². The van der Waals surface area contributed by atoms with Gasteiger partial charge in [-0.2, -0.15) is 0 Å². The van der Waals surface area contributed by atoms with E-state index in [4.69, 9.17) is 0 Å². The van der Waals surface area contributed by atoms with Crippen molar-refractivity contribution in [3.63, 3.8) is 0 Å². The first-order valence-corrected chi connectivity index (χ1v) is 6.78. The van der Waals surface area contributed by atoms with Crippen LogP contribution in [0.1, 0.15) is 33.6 Å². The molecule has 1 amide bonds. The van der Waals surface area contributed by atoms with E-state index in [0.29, 0.717) is 5.69 Å². The summed E-state index contributed by atoms with van der Waals surface area (Å²) in [4.78, 5) is 35.2. The zero-order chi connectivity index (χ0) is 15.1. The zero-order valence-corrected chi connectivity index (χ0v) is 12.2. The van der Waals surface area contributed by atoms with Crippen molar-refractivity contribution in [1.29, 1.82) is 0 Å². The Labute approximate surface area is 119 Å². The van der Waals surface area contributed by atoms with Gasteiger partial charge in [0.25, 0.3) is 0 Å². The van der Waals surface area contributed by atoms with Crippen LogP contribution in [0.2, 0.25) is 0 Å². The van der Waals surface area contributed by atoms with Crippen LogP contribution in [0.4, 0.5) is 5.69 Å². The minimum absolute atomic E-state index is 0.0118. The highest BCUT2D eigenvalue weighted by atomic mass is 16.2. The molecule has 108 valence electrons. The van der Waals surface area contributed by atoms with Gasteiger partial charge in [0.1, 0.15) is 11.6 Å². The van der Waals surface area contributed by atoms with E-state index in [-0.39, 0.29) is 36.2 Å². The first-order valence-electron chi connectivity index (χ1n) is 6.78. The second-order valence-corrected chi connectivity index (χ2v) is 5.25. The molecule has 0 heterocycles. The fourth-order valence-corrected chi connectivity index (χ4v) is 1.80. The van der Waals surface area contributed by atoms with E-state index in [1.165, 1.54) is 6.92 Å². The molecule has 1 atom stereocenters. The Morgan fingerprint density at radius 3 is 2.15 bits per heavy atom. The molecular weight excluding hydrogens is 254 g/mol. The fourth-order valence-electron chi connectivity index (χ4n) is 1.80. The average molecular weight is 275 g/mol. The molecule has 0 aromatic heterocycles. The largest absolute Gasteiger partial charge is 0.326 e.